The van der Waals surface area contributed by atoms with Crippen molar-refractivity contribution in [1.29, 1.82) is 0 Å². The molecule has 0 heterocycles. The van der Waals surface area contributed by atoms with Crippen LogP contribution < -0.4 is 4.74 Å². The third-order valence-electron chi connectivity index (χ3n) is 2.40. The normalized spacial score (nSPS) is 22.1. The van der Waals surface area contributed by atoms with Gasteiger partial charge in [0.25, 0.3) is 0 Å². The second kappa shape index (κ2) is 3.66. The zero-order valence-electron chi connectivity index (χ0n) is 8.07. The highest BCUT2D eigenvalue weighted by molar-refractivity contribution is 5.73. The smallest absolute Gasteiger partial charge is 0.127 e. The van der Waals surface area contributed by atoms with E-state index in [2.05, 4.69) is 6.08 Å². The fraction of sp³-hybridized carbons (Fsp3) is 0.250. The maximum absolute atomic E-state index is 10.4. The highest BCUT2D eigenvalue weighted by atomic mass is 16.5. The van der Waals surface area contributed by atoms with E-state index in [0.29, 0.717) is 0 Å². The standard InChI is InChI=1S/C12H12O2/c1-14-12-4-2-9(3-5-12)6-10-7-11(10)8-13/h2-6,8,11H,7H2,1H3/b10-6-. The Balaban J connectivity index is 2.11. The maximum atomic E-state index is 10.4. The Morgan fingerprint density at radius 3 is 2.57 bits per heavy atom. The minimum Gasteiger partial charge on any atom is -0.497 e. The largest absolute Gasteiger partial charge is 0.497 e. The van der Waals surface area contributed by atoms with E-state index in [9.17, 15) is 4.79 Å². The molecule has 72 valence electrons. The van der Waals surface area contributed by atoms with Gasteiger partial charge in [0.2, 0.25) is 0 Å². The fourth-order valence-corrected chi connectivity index (χ4v) is 1.41. The molecule has 1 aliphatic rings. The first-order chi connectivity index (χ1) is 6.83. The van der Waals surface area contributed by atoms with Crippen molar-refractivity contribution in [3.05, 3.63) is 35.4 Å². The number of methoxy groups -OCH3 is 1. The van der Waals surface area contributed by atoms with E-state index in [1.807, 2.05) is 24.3 Å². The molecule has 1 saturated carbocycles. The maximum Gasteiger partial charge on any atom is 0.127 e. The van der Waals surface area contributed by atoms with Crippen LogP contribution in [0.4, 0.5) is 0 Å². The molecule has 1 aliphatic carbocycles. The monoisotopic (exact) mass is 188 g/mol. The van der Waals surface area contributed by atoms with Crippen molar-refractivity contribution in [2.45, 2.75) is 6.42 Å². The summed E-state index contributed by atoms with van der Waals surface area (Å²) in [6.07, 6.45) is 4.00. The zero-order valence-corrected chi connectivity index (χ0v) is 8.07. The Bertz CT molecular complexity index is 362. The molecule has 1 unspecified atom stereocenters. The molecule has 0 saturated heterocycles. The first-order valence-corrected chi connectivity index (χ1v) is 4.63. The summed E-state index contributed by atoms with van der Waals surface area (Å²) < 4.78 is 5.06. The van der Waals surface area contributed by atoms with Crippen LogP contribution in [-0.4, -0.2) is 13.4 Å². The van der Waals surface area contributed by atoms with Gasteiger partial charge in [-0.05, 0) is 24.1 Å². The molecule has 0 radical (unpaired) electrons. The number of carbonyl (C=O) groups is 1. The van der Waals surface area contributed by atoms with Crippen molar-refractivity contribution in [3.8, 4) is 5.75 Å². The number of rotatable bonds is 3. The summed E-state index contributed by atoms with van der Waals surface area (Å²) in [5.74, 6) is 1.03. The van der Waals surface area contributed by atoms with Crippen molar-refractivity contribution in [2.24, 2.45) is 5.92 Å². The lowest BCUT2D eigenvalue weighted by Gasteiger charge is -1.98. The summed E-state index contributed by atoms with van der Waals surface area (Å²) in [5, 5.41) is 0. The molecule has 1 fully saturated rings. The average Bonchev–Trinajstić information content (AvgIpc) is 2.98. The van der Waals surface area contributed by atoms with Gasteiger partial charge in [-0.25, -0.2) is 0 Å². The molecule has 0 spiro atoms. The van der Waals surface area contributed by atoms with E-state index in [1.54, 1.807) is 7.11 Å². The molecule has 0 aromatic heterocycles. The van der Waals surface area contributed by atoms with Gasteiger partial charge in [-0.2, -0.15) is 0 Å². The third kappa shape index (κ3) is 1.84. The highest BCUT2D eigenvalue weighted by Gasteiger charge is 2.28. The van der Waals surface area contributed by atoms with E-state index in [0.717, 1.165) is 24.0 Å². The van der Waals surface area contributed by atoms with Gasteiger partial charge in [0, 0.05) is 5.92 Å². The molecule has 14 heavy (non-hydrogen) atoms. The predicted octanol–water partition coefficient (Wildman–Crippen LogP) is 2.30. The number of aldehydes is 1. The number of allylic oxidation sites excluding steroid dienone is 1. The Morgan fingerprint density at radius 1 is 1.36 bits per heavy atom. The molecule has 1 atom stereocenters. The van der Waals surface area contributed by atoms with Gasteiger partial charge in [0.1, 0.15) is 12.0 Å². The second-order valence-electron chi connectivity index (χ2n) is 3.44. The summed E-state index contributed by atoms with van der Waals surface area (Å²) in [6.45, 7) is 0. The molecule has 2 nitrogen and oxygen atoms in total. The van der Waals surface area contributed by atoms with Crippen LogP contribution in [0.25, 0.3) is 6.08 Å². The van der Waals surface area contributed by atoms with Gasteiger partial charge in [0.05, 0.1) is 7.11 Å². The molecule has 0 amide bonds. The lowest BCUT2D eigenvalue weighted by Crippen LogP contribution is -1.81. The lowest BCUT2D eigenvalue weighted by molar-refractivity contribution is -0.108. The van der Waals surface area contributed by atoms with Gasteiger partial charge < -0.3 is 9.53 Å². The van der Waals surface area contributed by atoms with Gasteiger partial charge in [0.15, 0.2) is 0 Å². The van der Waals surface area contributed by atoms with E-state index in [1.165, 1.54) is 5.57 Å². The van der Waals surface area contributed by atoms with Gasteiger partial charge in [-0.1, -0.05) is 23.8 Å². The van der Waals surface area contributed by atoms with Crippen LogP contribution in [0.1, 0.15) is 12.0 Å². The molecule has 1 aromatic rings. The first kappa shape index (κ1) is 9.00. The van der Waals surface area contributed by atoms with Crippen LogP contribution in [0.3, 0.4) is 0 Å². The minimum atomic E-state index is 0.178. The summed E-state index contributed by atoms with van der Waals surface area (Å²) in [6, 6.07) is 7.83. The van der Waals surface area contributed by atoms with Crippen molar-refractivity contribution in [3.63, 3.8) is 0 Å². The van der Waals surface area contributed by atoms with E-state index >= 15 is 0 Å². The summed E-state index contributed by atoms with van der Waals surface area (Å²) in [7, 11) is 1.65. The van der Waals surface area contributed by atoms with Crippen molar-refractivity contribution >= 4 is 12.4 Å². The first-order valence-electron chi connectivity index (χ1n) is 4.63. The quantitative estimate of drug-likeness (QED) is 0.680. The Labute approximate surface area is 83.2 Å². The van der Waals surface area contributed by atoms with E-state index in [4.69, 9.17) is 4.74 Å². The molecular weight excluding hydrogens is 176 g/mol. The number of benzene rings is 1. The number of carbonyl (C=O) groups excluding carboxylic acids is 1. The molecule has 0 bridgehead atoms. The average molecular weight is 188 g/mol. The Kier molecular flexibility index (Phi) is 2.35. The van der Waals surface area contributed by atoms with Crippen molar-refractivity contribution in [2.75, 3.05) is 7.11 Å². The summed E-state index contributed by atoms with van der Waals surface area (Å²) >= 11 is 0. The Hall–Kier alpha value is -1.57. The number of ether oxygens (including phenoxy) is 1. The zero-order chi connectivity index (χ0) is 9.97. The molecule has 0 N–H and O–H groups in total. The molecule has 2 heteroatoms. The number of hydrogen-bond acceptors (Lipinski definition) is 2. The minimum absolute atomic E-state index is 0.178. The van der Waals surface area contributed by atoms with E-state index in [-0.39, 0.29) is 5.92 Å². The van der Waals surface area contributed by atoms with Crippen LogP contribution >= 0.6 is 0 Å². The third-order valence-corrected chi connectivity index (χ3v) is 2.40. The highest BCUT2D eigenvalue weighted by Crippen LogP contribution is 2.37. The van der Waals surface area contributed by atoms with Gasteiger partial charge >= 0.3 is 0 Å². The van der Waals surface area contributed by atoms with E-state index < -0.39 is 0 Å². The fourth-order valence-electron chi connectivity index (χ4n) is 1.41. The summed E-state index contributed by atoms with van der Waals surface area (Å²) in [5.41, 5.74) is 2.36. The van der Waals surface area contributed by atoms with Crippen LogP contribution in [0.2, 0.25) is 0 Å². The van der Waals surface area contributed by atoms with Crippen LogP contribution in [0.5, 0.6) is 5.75 Å². The molecule has 1 aromatic carbocycles. The topological polar surface area (TPSA) is 26.3 Å². The SMILES string of the molecule is COc1ccc(/C=C2/CC2C=O)cc1. The van der Waals surface area contributed by atoms with Crippen LogP contribution in [-0.2, 0) is 4.79 Å². The van der Waals surface area contributed by atoms with Gasteiger partial charge in [-0.15, -0.1) is 0 Å². The molecule has 0 aliphatic heterocycles. The predicted molar refractivity (Wildman–Crippen MR) is 55.1 cm³/mol. The molecule has 2 rings (SSSR count). The van der Waals surface area contributed by atoms with Gasteiger partial charge in [-0.3, -0.25) is 0 Å². The number of hydrogen-bond donors (Lipinski definition) is 0. The Morgan fingerprint density at radius 2 is 2.07 bits per heavy atom. The second-order valence-corrected chi connectivity index (χ2v) is 3.44. The van der Waals surface area contributed by atoms with Crippen molar-refractivity contribution < 1.29 is 9.53 Å². The molecular formula is C12H12O2. The summed E-state index contributed by atoms with van der Waals surface area (Å²) in [4.78, 5) is 10.4. The van der Waals surface area contributed by atoms with Crippen molar-refractivity contribution in [1.82, 2.24) is 0 Å². The lowest BCUT2D eigenvalue weighted by atomic mass is 10.2. The van der Waals surface area contributed by atoms with Crippen LogP contribution in [0.15, 0.2) is 29.8 Å². The van der Waals surface area contributed by atoms with Crippen LogP contribution in [0, 0.1) is 5.92 Å².